The fraction of sp³-hybridized carbons (Fsp3) is 0.333. The number of hydrogen-bond acceptors (Lipinski definition) is 4. The number of hydrogen-bond donors (Lipinski definition) is 1. The Morgan fingerprint density at radius 1 is 1.21 bits per heavy atom. The monoisotopic (exact) mass is 275 g/mol. The molecule has 0 amide bonds. The first-order valence-corrected chi connectivity index (χ1v) is 7.78. The van der Waals surface area contributed by atoms with Crippen molar-refractivity contribution in [2.75, 3.05) is 12.9 Å². The van der Waals surface area contributed by atoms with Crippen LogP contribution in [0.15, 0.2) is 40.8 Å². The van der Waals surface area contributed by atoms with Gasteiger partial charge in [-0.2, -0.15) is 11.8 Å². The van der Waals surface area contributed by atoms with Crippen LogP contribution >= 0.6 is 11.8 Å². The van der Waals surface area contributed by atoms with Crippen LogP contribution in [0.4, 0.5) is 0 Å². The Kier molecular flexibility index (Phi) is 3.80. The molecule has 2 heterocycles. The highest BCUT2D eigenvalue weighted by molar-refractivity contribution is 7.97. The molecular weight excluding hydrogens is 258 g/mol. The van der Waals surface area contributed by atoms with Gasteiger partial charge in [-0.25, -0.2) is 0 Å². The third-order valence-corrected chi connectivity index (χ3v) is 3.80. The molecule has 0 radical (unpaired) electrons. The summed E-state index contributed by atoms with van der Waals surface area (Å²) in [7, 11) is 0. The second kappa shape index (κ2) is 5.72. The topological polar surface area (TPSA) is 34.4 Å². The first kappa shape index (κ1) is 12.6. The molecule has 1 atom stereocenters. The van der Waals surface area contributed by atoms with Gasteiger partial charge in [-0.15, -0.1) is 0 Å². The zero-order valence-electron chi connectivity index (χ0n) is 10.9. The highest BCUT2D eigenvalue weighted by Crippen LogP contribution is 2.31. The van der Waals surface area contributed by atoms with Crippen LogP contribution in [-0.2, 0) is 12.3 Å². The lowest BCUT2D eigenvalue weighted by Gasteiger charge is -2.09. The number of furan rings is 1. The van der Waals surface area contributed by atoms with E-state index in [1.807, 2.05) is 30.3 Å². The standard InChI is InChI=1S/C15H17NO2S/c1-19-10-12-7-6-11(18-12)8-16-14-9-17-15-5-3-2-4-13(14)15/h2-7,14,16H,8-10H2,1H3. The van der Waals surface area contributed by atoms with Crippen LogP contribution < -0.4 is 10.1 Å². The number of nitrogens with one attached hydrogen (secondary N) is 1. The summed E-state index contributed by atoms with van der Waals surface area (Å²) in [6.07, 6.45) is 2.08. The van der Waals surface area contributed by atoms with Gasteiger partial charge in [0.1, 0.15) is 23.9 Å². The van der Waals surface area contributed by atoms with Crippen LogP contribution in [0.5, 0.6) is 5.75 Å². The van der Waals surface area contributed by atoms with Crippen LogP contribution in [0.3, 0.4) is 0 Å². The molecule has 1 unspecified atom stereocenters. The minimum absolute atomic E-state index is 0.255. The fourth-order valence-electron chi connectivity index (χ4n) is 2.29. The summed E-state index contributed by atoms with van der Waals surface area (Å²) in [4.78, 5) is 0. The van der Waals surface area contributed by atoms with Crippen molar-refractivity contribution in [2.45, 2.75) is 18.3 Å². The van der Waals surface area contributed by atoms with Crippen molar-refractivity contribution in [3.8, 4) is 5.75 Å². The first-order valence-electron chi connectivity index (χ1n) is 6.38. The maximum absolute atomic E-state index is 5.75. The van der Waals surface area contributed by atoms with E-state index in [1.54, 1.807) is 11.8 Å². The number of para-hydroxylation sites is 1. The van der Waals surface area contributed by atoms with Crippen molar-refractivity contribution in [3.05, 3.63) is 53.5 Å². The molecule has 2 aromatic rings. The van der Waals surface area contributed by atoms with Gasteiger partial charge in [-0.05, 0) is 24.5 Å². The molecule has 0 aliphatic carbocycles. The Balaban J connectivity index is 1.61. The van der Waals surface area contributed by atoms with Crippen molar-refractivity contribution < 1.29 is 9.15 Å². The zero-order chi connectivity index (χ0) is 13.1. The third kappa shape index (κ3) is 2.80. The predicted octanol–water partition coefficient (Wildman–Crippen LogP) is 3.37. The molecule has 19 heavy (non-hydrogen) atoms. The van der Waals surface area contributed by atoms with Gasteiger partial charge in [-0.1, -0.05) is 18.2 Å². The second-order valence-corrected chi connectivity index (χ2v) is 5.45. The third-order valence-electron chi connectivity index (χ3n) is 3.23. The molecule has 0 saturated carbocycles. The van der Waals surface area contributed by atoms with Gasteiger partial charge in [0.05, 0.1) is 18.3 Å². The molecule has 0 fully saturated rings. The molecular formula is C15H17NO2S. The summed E-state index contributed by atoms with van der Waals surface area (Å²) in [6, 6.07) is 12.5. The van der Waals surface area contributed by atoms with Crippen molar-refractivity contribution in [3.63, 3.8) is 0 Å². The largest absolute Gasteiger partial charge is 0.491 e. The van der Waals surface area contributed by atoms with E-state index in [1.165, 1.54) is 5.56 Å². The molecule has 1 aromatic heterocycles. The Morgan fingerprint density at radius 2 is 2.05 bits per heavy atom. The summed E-state index contributed by atoms with van der Waals surface area (Å²) in [6.45, 7) is 1.43. The minimum atomic E-state index is 0.255. The lowest BCUT2D eigenvalue weighted by molar-refractivity contribution is 0.305. The summed E-state index contributed by atoms with van der Waals surface area (Å²) in [5, 5.41) is 3.48. The van der Waals surface area contributed by atoms with E-state index in [0.29, 0.717) is 6.61 Å². The van der Waals surface area contributed by atoms with Crippen LogP contribution in [0.2, 0.25) is 0 Å². The molecule has 1 N–H and O–H groups in total. The van der Waals surface area contributed by atoms with E-state index in [9.17, 15) is 0 Å². The summed E-state index contributed by atoms with van der Waals surface area (Å²) in [5.41, 5.74) is 1.23. The van der Waals surface area contributed by atoms with Crippen LogP contribution in [0.1, 0.15) is 23.1 Å². The Bertz CT molecular complexity index is 553. The first-order chi connectivity index (χ1) is 9.36. The number of benzene rings is 1. The maximum Gasteiger partial charge on any atom is 0.124 e. The van der Waals surface area contributed by atoms with Gasteiger partial charge in [0.15, 0.2) is 0 Å². The number of rotatable bonds is 5. The second-order valence-electron chi connectivity index (χ2n) is 4.58. The average molecular weight is 275 g/mol. The minimum Gasteiger partial charge on any atom is -0.491 e. The molecule has 3 nitrogen and oxygen atoms in total. The van der Waals surface area contributed by atoms with Gasteiger partial charge in [-0.3, -0.25) is 5.32 Å². The molecule has 0 saturated heterocycles. The average Bonchev–Trinajstić information content (AvgIpc) is 3.04. The van der Waals surface area contributed by atoms with Crippen LogP contribution in [-0.4, -0.2) is 12.9 Å². The van der Waals surface area contributed by atoms with Crippen molar-refractivity contribution in [2.24, 2.45) is 0 Å². The van der Waals surface area contributed by atoms with Crippen LogP contribution in [0, 0.1) is 0 Å². The highest BCUT2D eigenvalue weighted by Gasteiger charge is 2.23. The highest BCUT2D eigenvalue weighted by atomic mass is 32.2. The Morgan fingerprint density at radius 3 is 2.95 bits per heavy atom. The van der Waals surface area contributed by atoms with E-state index in [-0.39, 0.29) is 6.04 Å². The Labute approximate surface area is 117 Å². The van der Waals surface area contributed by atoms with Gasteiger partial charge < -0.3 is 9.15 Å². The summed E-state index contributed by atoms with van der Waals surface area (Å²) < 4.78 is 11.4. The van der Waals surface area contributed by atoms with Gasteiger partial charge >= 0.3 is 0 Å². The lowest BCUT2D eigenvalue weighted by Crippen LogP contribution is -2.21. The fourth-order valence-corrected chi connectivity index (χ4v) is 2.73. The van der Waals surface area contributed by atoms with E-state index in [0.717, 1.165) is 29.6 Å². The molecule has 0 spiro atoms. The molecule has 1 aliphatic rings. The van der Waals surface area contributed by atoms with Gasteiger partial charge in [0.2, 0.25) is 0 Å². The smallest absolute Gasteiger partial charge is 0.124 e. The van der Waals surface area contributed by atoms with Crippen LogP contribution in [0.25, 0.3) is 0 Å². The van der Waals surface area contributed by atoms with Crippen molar-refractivity contribution in [1.82, 2.24) is 5.32 Å². The predicted molar refractivity (Wildman–Crippen MR) is 77.4 cm³/mol. The van der Waals surface area contributed by atoms with E-state index in [2.05, 4.69) is 17.6 Å². The van der Waals surface area contributed by atoms with Crippen molar-refractivity contribution >= 4 is 11.8 Å². The molecule has 0 bridgehead atoms. The zero-order valence-corrected chi connectivity index (χ0v) is 11.7. The molecule has 4 heteroatoms. The number of ether oxygens (including phenoxy) is 1. The molecule has 100 valence electrons. The van der Waals surface area contributed by atoms with Crippen molar-refractivity contribution in [1.29, 1.82) is 0 Å². The van der Waals surface area contributed by atoms with Gasteiger partial charge in [0.25, 0.3) is 0 Å². The molecule has 1 aliphatic heterocycles. The molecule has 3 rings (SSSR count). The van der Waals surface area contributed by atoms with E-state index < -0.39 is 0 Å². The van der Waals surface area contributed by atoms with E-state index in [4.69, 9.17) is 9.15 Å². The maximum atomic E-state index is 5.75. The van der Waals surface area contributed by atoms with E-state index >= 15 is 0 Å². The summed E-state index contributed by atoms with van der Waals surface area (Å²) >= 11 is 1.77. The Hall–Kier alpha value is -1.39. The van der Waals surface area contributed by atoms with Gasteiger partial charge in [0, 0.05) is 5.56 Å². The number of fused-ring (bicyclic) bond motifs is 1. The quantitative estimate of drug-likeness (QED) is 0.907. The molecule has 1 aromatic carbocycles. The summed E-state index contributed by atoms with van der Waals surface area (Å²) in [5.74, 6) is 3.93. The lowest BCUT2D eigenvalue weighted by atomic mass is 10.1. The number of thioether (sulfide) groups is 1. The normalized spacial score (nSPS) is 17.2. The SMILES string of the molecule is CSCc1ccc(CNC2COc3ccccc32)o1.